The molecule has 2 aromatic heterocycles. The molecule has 0 aliphatic heterocycles. The number of aromatic nitrogens is 4. The second-order valence-electron chi connectivity index (χ2n) is 5.29. The van der Waals surface area contributed by atoms with Crippen molar-refractivity contribution in [3.63, 3.8) is 0 Å². The first-order valence-electron chi connectivity index (χ1n) is 7.96. The summed E-state index contributed by atoms with van der Waals surface area (Å²) in [5.74, 6) is 2.38. The SMILES string of the molecule is CCOc1ccccc1-c1noc(CSc2nc3ccccc3[nH]2)n1. The molecule has 0 saturated carbocycles. The van der Waals surface area contributed by atoms with Gasteiger partial charge in [-0.15, -0.1) is 0 Å². The number of hydrogen-bond acceptors (Lipinski definition) is 6. The number of fused-ring (bicyclic) bond motifs is 1. The van der Waals surface area contributed by atoms with E-state index >= 15 is 0 Å². The van der Waals surface area contributed by atoms with Crippen LogP contribution in [0.4, 0.5) is 0 Å². The summed E-state index contributed by atoms with van der Waals surface area (Å²) in [6.07, 6.45) is 0. The highest BCUT2D eigenvalue weighted by molar-refractivity contribution is 7.98. The fourth-order valence-electron chi connectivity index (χ4n) is 2.48. The highest BCUT2D eigenvalue weighted by atomic mass is 32.2. The fraction of sp³-hybridized carbons (Fsp3) is 0.167. The van der Waals surface area contributed by atoms with E-state index in [-0.39, 0.29) is 0 Å². The second kappa shape index (κ2) is 6.98. The number of nitrogens with one attached hydrogen (secondary N) is 1. The third kappa shape index (κ3) is 3.36. The summed E-state index contributed by atoms with van der Waals surface area (Å²) in [4.78, 5) is 12.3. The zero-order valence-corrected chi connectivity index (χ0v) is 14.4. The first-order chi connectivity index (χ1) is 12.3. The lowest BCUT2D eigenvalue weighted by atomic mass is 10.2. The molecule has 0 atom stereocenters. The molecule has 0 unspecified atom stereocenters. The van der Waals surface area contributed by atoms with Gasteiger partial charge in [-0.2, -0.15) is 4.98 Å². The Morgan fingerprint density at radius 1 is 1.08 bits per heavy atom. The van der Waals surface area contributed by atoms with E-state index in [4.69, 9.17) is 9.26 Å². The van der Waals surface area contributed by atoms with Gasteiger partial charge in [0, 0.05) is 0 Å². The number of H-pyrrole nitrogens is 1. The first kappa shape index (κ1) is 15.7. The minimum absolute atomic E-state index is 0.532. The van der Waals surface area contributed by atoms with Crippen LogP contribution in [0.5, 0.6) is 5.75 Å². The molecule has 0 aliphatic rings. The predicted molar refractivity (Wildman–Crippen MR) is 96.6 cm³/mol. The summed E-state index contributed by atoms with van der Waals surface area (Å²) in [5, 5.41) is 4.90. The third-order valence-electron chi connectivity index (χ3n) is 3.60. The maximum Gasteiger partial charge on any atom is 0.237 e. The first-order valence-corrected chi connectivity index (χ1v) is 8.94. The maximum absolute atomic E-state index is 5.62. The van der Waals surface area contributed by atoms with E-state index in [1.54, 1.807) is 0 Å². The zero-order chi connectivity index (χ0) is 17.1. The number of thioether (sulfide) groups is 1. The molecular weight excluding hydrogens is 336 g/mol. The van der Waals surface area contributed by atoms with E-state index in [2.05, 4.69) is 20.1 Å². The molecule has 0 saturated heterocycles. The third-order valence-corrected chi connectivity index (χ3v) is 4.45. The lowest BCUT2D eigenvalue weighted by Gasteiger charge is -2.05. The van der Waals surface area contributed by atoms with Crippen LogP contribution in [0.25, 0.3) is 22.4 Å². The Hall–Kier alpha value is -2.80. The van der Waals surface area contributed by atoms with Crippen LogP contribution in [0.3, 0.4) is 0 Å². The van der Waals surface area contributed by atoms with Crippen LogP contribution in [0.2, 0.25) is 0 Å². The predicted octanol–water partition coefficient (Wildman–Crippen LogP) is 4.30. The Labute approximate surface area is 148 Å². The summed E-state index contributed by atoms with van der Waals surface area (Å²) in [5.41, 5.74) is 2.79. The number of ether oxygens (including phenoxy) is 1. The summed E-state index contributed by atoms with van der Waals surface area (Å²) in [6, 6.07) is 15.6. The van der Waals surface area contributed by atoms with Crippen molar-refractivity contribution in [3.05, 3.63) is 54.4 Å². The number of imidazole rings is 1. The molecule has 2 aromatic carbocycles. The van der Waals surface area contributed by atoms with Gasteiger partial charge in [0.05, 0.1) is 29.0 Å². The van der Waals surface area contributed by atoms with Crippen molar-refractivity contribution in [2.24, 2.45) is 0 Å². The minimum atomic E-state index is 0.532. The minimum Gasteiger partial charge on any atom is -0.493 e. The molecule has 0 bridgehead atoms. The molecule has 0 aliphatic carbocycles. The van der Waals surface area contributed by atoms with E-state index in [0.29, 0.717) is 24.1 Å². The van der Waals surface area contributed by atoms with Crippen LogP contribution in [0.15, 0.2) is 58.2 Å². The Morgan fingerprint density at radius 3 is 2.80 bits per heavy atom. The van der Waals surface area contributed by atoms with Crippen LogP contribution < -0.4 is 4.74 Å². The van der Waals surface area contributed by atoms with Gasteiger partial charge in [0.1, 0.15) is 5.75 Å². The topological polar surface area (TPSA) is 76.8 Å². The number of aromatic amines is 1. The highest BCUT2D eigenvalue weighted by Gasteiger charge is 2.14. The van der Waals surface area contributed by atoms with Crippen molar-refractivity contribution in [1.82, 2.24) is 20.1 Å². The number of rotatable bonds is 6. The van der Waals surface area contributed by atoms with Crippen LogP contribution in [-0.4, -0.2) is 26.7 Å². The number of benzene rings is 2. The standard InChI is InChI=1S/C18H16N4O2S/c1-2-23-15-10-6-3-7-12(15)17-21-16(24-22-17)11-25-18-19-13-8-4-5-9-14(13)20-18/h3-10H,2,11H2,1H3,(H,19,20). The maximum atomic E-state index is 5.62. The van der Waals surface area contributed by atoms with Crippen LogP contribution in [0.1, 0.15) is 12.8 Å². The summed E-state index contributed by atoms with van der Waals surface area (Å²) >= 11 is 1.53. The van der Waals surface area contributed by atoms with E-state index < -0.39 is 0 Å². The molecule has 2 heterocycles. The van der Waals surface area contributed by atoms with Gasteiger partial charge in [0.15, 0.2) is 5.16 Å². The zero-order valence-electron chi connectivity index (χ0n) is 13.6. The molecule has 25 heavy (non-hydrogen) atoms. The smallest absolute Gasteiger partial charge is 0.237 e. The molecule has 126 valence electrons. The van der Waals surface area contributed by atoms with Crippen LogP contribution >= 0.6 is 11.8 Å². The van der Waals surface area contributed by atoms with Gasteiger partial charge in [-0.1, -0.05) is 41.2 Å². The van der Waals surface area contributed by atoms with Crippen LogP contribution in [0, 0.1) is 0 Å². The van der Waals surface area contributed by atoms with Gasteiger partial charge in [-0.3, -0.25) is 0 Å². The Morgan fingerprint density at radius 2 is 1.92 bits per heavy atom. The van der Waals surface area contributed by atoms with Crippen molar-refractivity contribution >= 4 is 22.8 Å². The van der Waals surface area contributed by atoms with E-state index in [9.17, 15) is 0 Å². The van der Waals surface area contributed by atoms with Crippen LogP contribution in [-0.2, 0) is 5.75 Å². The second-order valence-corrected chi connectivity index (χ2v) is 6.25. The van der Waals surface area contributed by atoms with E-state index in [0.717, 1.165) is 27.5 Å². The van der Waals surface area contributed by atoms with E-state index in [1.165, 1.54) is 11.8 Å². The average molecular weight is 352 g/mol. The molecule has 4 aromatic rings. The monoisotopic (exact) mass is 352 g/mol. The lowest BCUT2D eigenvalue weighted by molar-refractivity contribution is 0.341. The summed E-state index contributed by atoms with van der Waals surface area (Å²) < 4.78 is 11.0. The van der Waals surface area contributed by atoms with Gasteiger partial charge in [0.2, 0.25) is 11.7 Å². The Kier molecular flexibility index (Phi) is 4.39. The number of nitrogens with zero attached hydrogens (tertiary/aromatic N) is 3. The van der Waals surface area contributed by atoms with Gasteiger partial charge in [-0.05, 0) is 31.2 Å². The number of para-hydroxylation sites is 3. The highest BCUT2D eigenvalue weighted by Crippen LogP contribution is 2.29. The van der Waals surface area contributed by atoms with Crippen molar-refractivity contribution in [2.45, 2.75) is 17.8 Å². The number of hydrogen-bond donors (Lipinski definition) is 1. The van der Waals surface area contributed by atoms with Crippen molar-refractivity contribution in [3.8, 4) is 17.1 Å². The summed E-state index contributed by atoms with van der Waals surface area (Å²) in [6.45, 7) is 2.53. The summed E-state index contributed by atoms with van der Waals surface area (Å²) in [7, 11) is 0. The normalized spacial score (nSPS) is 11.1. The molecule has 0 spiro atoms. The Balaban J connectivity index is 1.50. The van der Waals surface area contributed by atoms with E-state index in [1.807, 2.05) is 55.5 Å². The molecule has 0 amide bonds. The lowest BCUT2D eigenvalue weighted by Crippen LogP contribution is -1.94. The molecule has 0 radical (unpaired) electrons. The molecular formula is C18H16N4O2S. The average Bonchev–Trinajstić information content (AvgIpc) is 3.27. The molecule has 4 rings (SSSR count). The van der Waals surface area contributed by atoms with Crippen molar-refractivity contribution in [2.75, 3.05) is 6.61 Å². The fourth-order valence-corrected chi connectivity index (χ4v) is 3.21. The molecule has 0 fully saturated rings. The quantitative estimate of drug-likeness (QED) is 0.521. The van der Waals surface area contributed by atoms with Crippen molar-refractivity contribution in [1.29, 1.82) is 0 Å². The van der Waals surface area contributed by atoms with Gasteiger partial charge >= 0.3 is 0 Å². The molecule has 1 N–H and O–H groups in total. The Bertz CT molecular complexity index is 962. The molecule has 7 heteroatoms. The van der Waals surface area contributed by atoms with Crippen molar-refractivity contribution < 1.29 is 9.26 Å². The molecule has 6 nitrogen and oxygen atoms in total. The van der Waals surface area contributed by atoms with Gasteiger partial charge < -0.3 is 14.2 Å². The van der Waals surface area contributed by atoms with Gasteiger partial charge in [-0.25, -0.2) is 4.98 Å². The largest absolute Gasteiger partial charge is 0.493 e. The van der Waals surface area contributed by atoms with Gasteiger partial charge in [0.25, 0.3) is 0 Å².